The van der Waals surface area contributed by atoms with Crippen molar-refractivity contribution in [2.45, 2.75) is 13.0 Å². The summed E-state index contributed by atoms with van der Waals surface area (Å²) in [4.78, 5) is 26.6. The lowest BCUT2D eigenvalue weighted by atomic mass is 10.2. The quantitative estimate of drug-likeness (QED) is 0.807. The Morgan fingerprint density at radius 2 is 2.05 bits per heavy atom. The lowest BCUT2D eigenvalue weighted by Crippen LogP contribution is -2.44. The molecule has 0 saturated carbocycles. The molecular weight excluding hydrogens is 270 g/mol. The Balaban J connectivity index is 2.42. The van der Waals surface area contributed by atoms with E-state index in [1.54, 1.807) is 25.1 Å². The minimum Gasteiger partial charge on any atom is -0.377 e. The van der Waals surface area contributed by atoms with Gasteiger partial charge in [0.1, 0.15) is 11.5 Å². The van der Waals surface area contributed by atoms with Crippen LogP contribution in [0.1, 0.15) is 17.4 Å². The van der Waals surface area contributed by atoms with Gasteiger partial charge < -0.3 is 19.4 Å². The highest BCUT2D eigenvalue weighted by Crippen LogP contribution is 2.21. The molecule has 0 bridgehead atoms. The first-order valence-corrected chi connectivity index (χ1v) is 7.02. The fourth-order valence-corrected chi connectivity index (χ4v) is 2.18. The van der Waals surface area contributed by atoms with E-state index in [9.17, 15) is 4.79 Å². The van der Waals surface area contributed by atoms with Crippen LogP contribution in [-0.4, -0.2) is 74.8 Å². The molecule has 2 heterocycles. The first kappa shape index (κ1) is 15.5. The molecule has 0 spiro atoms. The molecule has 7 heteroatoms. The lowest BCUT2D eigenvalue weighted by molar-refractivity contribution is 0.0821. The Morgan fingerprint density at radius 1 is 1.33 bits per heavy atom. The van der Waals surface area contributed by atoms with Crippen LogP contribution >= 0.6 is 0 Å². The Bertz CT molecular complexity index is 518. The van der Waals surface area contributed by atoms with E-state index in [2.05, 4.69) is 21.8 Å². The summed E-state index contributed by atoms with van der Waals surface area (Å²) in [6.45, 7) is 4.19. The van der Waals surface area contributed by atoms with Crippen LogP contribution in [0.2, 0.25) is 0 Å². The monoisotopic (exact) mass is 293 g/mol. The number of morpholine rings is 1. The van der Waals surface area contributed by atoms with Gasteiger partial charge in [0.2, 0.25) is 5.95 Å². The van der Waals surface area contributed by atoms with Crippen molar-refractivity contribution in [2.24, 2.45) is 0 Å². The number of aromatic nitrogens is 2. The summed E-state index contributed by atoms with van der Waals surface area (Å²) in [6.07, 6.45) is 0. The van der Waals surface area contributed by atoms with E-state index in [1.165, 1.54) is 4.90 Å². The summed E-state index contributed by atoms with van der Waals surface area (Å²) < 4.78 is 5.46. The van der Waals surface area contributed by atoms with Crippen LogP contribution in [0.5, 0.6) is 0 Å². The molecule has 1 amide bonds. The molecule has 2 rings (SSSR count). The van der Waals surface area contributed by atoms with Crippen LogP contribution in [0.15, 0.2) is 6.07 Å². The first-order valence-electron chi connectivity index (χ1n) is 7.02. The van der Waals surface area contributed by atoms with Crippen LogP contribution in [0.4, 0.5) is 11.8 Å². The van der Waals surface area contributed by atoms with Crippen LogP contribution in [-0.2, 0) is 4.74 Å². The van der Waals surface area contributed by atoms with Gasteiger partial charge in [-0.25, -0.2) is 4.98 Å². The number of amides is 1. The predicted octanol–water partition coefficient (Wildman–Crippen LogP) is 0.469. The van der Waals surface area contributed by atoms with Crippen molar-refractivity contribution in [3.8, 4) is 0 Å². The largest absolute Gasteiger partial charge is 0.377 e. The number of carbonyl (C=O) groups is 1. The van der Waals surface area contributed by atoms with Crippen molar-refractivity contribution >= 4 is 17.7 Å². The molecule has 1 saturated heterocycles. The van der Waals surface area contributed by atoms with Crippen molar-refractivity contribution in [3.05, 3.63) is 11.8 Å². The van der Waals surface area contributed by atoms with E-state index in [-0.39, 0.29) is 11.9 Å². The molecule has 1 aromatic heterocycles. The molecule has 1 fully saturated rings. The fourth-order valence-electron chi connectivity index (χ4n) is 2.18. The minimum atomic E-state index is -0.123. The number of nitrogens with zero attached hydrogens (tertiary/aromatic N) is 5. The fraction of sp³-hybridized carbons (Fsp3) is 0.643. The second kappa shape index (κ2) is 6.26. The van der Waals surface area contributed by atoms with Gasteiger partial charge >= 0.3 is 0 Å². The van der Waals surface area contributed by atoms with E-state index < -0.39 is 0 Å². The molecule has 7 nitrogen and oxygen atoms in total. The van der Waals surface area contributed by atoms with Crippen molar-refractivity contribution in [2.75, 3.05) is 57.7 Å². The Hall–Kier alpha value is -1.89. The minimum absolute atomic E-state index is 0.123. The van der Waals surface area contributed by atoms with Crippen LogP contribution in [0.3, 0.4) is 0 Å². The molecule has 116 valence electrons. The summed E-state index contributed by atoms with van der Waals surface area (Å²) in [7, 11) is 7.17. The zero-order valence-electron chi connectivity index (χ0n) is 13.3. The highest BCUT2D eigenvalue weighted by Gasteiger charge is 2.23. The zero-order valence-corrected chi connectivity index (χ0v) is 13.3. The molecule has 1 aliphatic heterocycles. The highest BCUT2D eigenvalue weighted by atomic mass is 16.5. The molecule has 1 aliphatic rings. The Labute approximate surface area is 125 Å². The zero-order chi connectivity index (χ0) is 15.6. The number of anilines is 2. The average molecular weight is 293 g/mol. The summed E-state index contributed by atoms with van der Waals surface area (Å²) in [5.74, 6) is 1.19. The van der Waals surface area contributed by atoms with Crippen LogP contribution in [0, 0.1) is 0 Å². The van der Waals surface area contributed by atoms with Gasteiger partial charge in [0.15, 0.2) is 0 Å². The van der Waals surface area contributed by atoms with Gasteiger partial charge in [-0.3, -0.25) is 4.79 Å². The standard InChI is InChI=1S/C14H23N5O2/c1-10-9-21-7-6-19(10)12-8-11(13(20)17(2)3)15-14(16-12)18(4)5/h8,10H,6-7,9H2,1-5H3/t10-/m1/s1. The summed E-state index contributed by atoms with van der Waals surface area (Å²) in [5, 5.41) is 0. The number of carbonyl (C=O) groups excluding carboxylic acids is 1. The van der Waals surface area contributed by atoms with E-state index in [0.717, 1.165) is 12.4 Å². The number of hydrogen-bond donors (Lipinski definition) is 0. The third kappa shape index (κ3) is 3.41. The highest BCUT2D eigenvalue weighted by molar-refractivity contribution is 5.93. The van der Waals surface area contributed by atoms with Gasteiger partial charge in [0, 0.05) is 40.8 Å². The van der Waals surface area contributed by atoms with Gasteiger partial charge in [-0.05, 0) is 6.92 Å². The topological polar surface area (TPSA) is 61.8 Å². The van der Waals surface area contributed by atoms with E-state index >= 15 is 0 Å². The average Bonchev–Trinajstić information content (AvgIpc) is 2.46. The molecule has 0 radical (unpaired) electrons. The summed E-state index contributed by atoms with van der Waals surface area (Å²) >= 11 is 0. The van der Waals surface area contributed by atoms with Crippen LogP contribution < -0.4 is 9.80 Å². The molecular formula is C14H23N5O2. The number of ether oxygens (including phenoxy) is 1. The third-order valence-electron chi connectivity index (χ3n) is 3.39. The predicted molar refractivity (Wildman–Crippen MR) is 82.0 cm³/mol. The van der Waals surface area contributed by atoms with Gasteiger partial charge in [-0.1, -0.05) is 0 Å². The normalized spacial score (nSPS) is 18.5. The van der Waals surface area contributed by atoms with E-state index in [0.29, 0.717) is 24.9 Å². The number of hydrogen-bond acceptors (Lipinski definition) is 6. The summed E-state index contributed by atoms with van der Waals surface area (Å²) in [5.41, 5.74) is 0.410. The molecule has 1 atom stereocenters. The Morgan fingerprint density at radius 3 is 2.62 bits per heavy atom. The van der Waals surface area contributed by atoms with Gasteiger partial charge in [-0.15, -0.1) is 0 Å². The van der Waals surface area contributed by atoms with Crippen molar-refractivity contribution < 1.29 is 9.53 Å². The maximum atomic E-state index is 12.2. The van der Waals surface area contributed by atoms with E-state index in [1.807, 2.05) is 14.1 Å². The van der Waals surface area contributed by atoms with Gasteiger partial charge in [0.25, 0.3) is 5.91 Å². The summed E-state index contributed by atoms with van der Waals surface area (Å²) in [6, 6.07) is 1.99. The number of rotatable bonds is 3. The van der Waals surface area contributed by atoms with Crippen molar-refractivity contribution in [3.63, 3.8) is 0 Å². The first-order chi connectivity index (χ1) is 9.90. The lowest BCUT2D eigenvalue weighted by Gasteiger charge is -2.34. The molecule has 0 unspecified atom stereocenters. The smallest absolute Gasteiger partial charge is 0.272 e. The maximum absolute atomic E-state index is 12.2. The van der Waals surface area contributed by atoms with E-state index in [4.69, 9.17) is 4.74 Å². The molecule has 0 N–H and O–H groups in total. The van der Waals surface area contributed by atoms with Gasteiger partial charge in [-0.2, -0.15) is 4.98 Å². The van der Waals surface area contributed by atoms with Crippen molar-refractivity contribution in [1.29, 1.82) is 0 Å². The second-order valence-corrected chi connectivity index (χ2v) is 5.62. The molecule has 0 aromatic carbocycles. The molecule has 0 aliphatic carbocycles. The Kier molecular flexibility index (Phi) is 4.62. The molecule has 21 heavy (non-hydrogen) atoms. The molecule has 1 aromatic rings. The third-order valence-corrected chi connectivity index (χ3v) is 3.39. The van der Waals surface area contributed by atoms with Crippen molar-refractivity contribution in [1.82, 2.24) is 14.9 Å². The van der Waals surface area contributed by atoms with Crippen LogP contribution in [0.25, 0.3) is 0 Å². The SMILES string of the molecule is C[C@@H]1COCCN1c1cc(C(=O)N(C)C)nc(N(C)C)n1. The maximum Gasteiger partial charge on any atom is 0.272 e. The second-order valence-electron chi connectivity index (χ2n) is 5.62. The van der Waals surface area contributed by atoms with Gasteiger partial charge in [0.05, 0.1) is 19.3 Å².